The van der Waals surface area contributed by atoms with Gasteiger partial charge in [-0.05, 0) is 67.8 Å². The highest BCUT2D eigenvalue weighted by molar-refractivity contribution is 6.30. The van der Waals surface area contributed by atoms with Gasteiger partial charge in [-0.3, -0.25) is 19.0 Å². The van der Waals surface area contributed by atoms with E-state index >= 15 is 0 Å². The zero-order chi connectivity index (χ0) is 23.5. The number of likely N-dealkylation sites (tertiary alicyclic amines) is 1. The van der Waals surface area contributed by atoms with Crippen LogP contribution in [0.25, 0.3) is 10.9 Å². The topological polar surface area (TPSA) is 77.8 Å². The second-order valence-corrected chi connectivity index (χ2v) is 8.47. The van der Waals surface area contributed by atoms with Crippen LogP contribution >= 0.6 is 11.6 Å². The third kappa shape index (κ3) is 4.73. The molecule has 0 bridgehead atoms. The zero-order valence-corrected chi connectivity index (χ0v) is 19.4. The number of carbonyl (C=O) groups is 3. The summed E-state index contributed by atoms with van der Waals surface area (Å²) in [6, 6.07) is 12.1. The smallest absolute Gasteiger partial charge is 0.312 e. The van der Waals surface area contributed by atoms with Crippen LogP contribution in [0, 0.1) is 6.92 Å². The van der Waals surface area contributed by atoms with E-state index in [4.69, 9.17) is 21.1 Å². The van der Waals surface area contributed by atoms with E-state index in [0.717, 1.165) is 18.2 Å². The molecule has 172 valence electrons. The number of piperidine rings is 1. The molecule has 1 aliphatic heterocycles. The number of aromatic nitrogens is 1. The van der Waals surface area contributed by atoms with E-state index in [0.29, 0.717) is 46.1 Å². The highest BCUT2D eigenvalue weighted by atomic mass is 35.5. The molecule has 3 aromatic rings. The summed E-state index contributed by atoms with van der Waals surface area (Å²) in [6.07, 6.45) is 2.23. The molecule has 4 rings (SSSR count). The average molecular weight is 469 g/mol. The lowest BCUT2D eigenvalue weighted by Gasteiger charge is -2.25. The minimum atomic E-state index is -0.461. The predicted octanol–water partition coefficient (Wildman–Crippen LogP) is 4.36. The lowest BCUT2D eigenvalue weighted by atomic mass is 10.1. The van der Waals surface area contributed by atoms with Gasteiger partial charge < -0.3 is 14.4 Å². The summed E-state index contributed by atoms with van der Waals surface area (Å²) in [7, 11) is 1.56. The maximum atomic E-state index is 13.3. The van der Waals surface area contributed by atoms with E-state index in [-0.39, 0.29) is 25.0 Å². The molecule has 8 heteroatoms. The van der Waals surface area contributed by atoms with Crippen molar-refractivity contribution < 1.29 is 23.9 Å². The van der Waals surface area contributed by atoms with Crippen molar-refractivity contribution in [3.63, 3.8) is 0 Å². The normalized spacial score (nSPS) is 13.9. The summed E-state index contributed by atoms with van der Waals surface area (Å²) in [5, 5.41) is 1.28. The molecule has 2 heterocycles. The van der Waals surface area contributed by atoms with E-state index in [9.17, 15) is 14.4 Å². The summed E-state index contributed by atoms with van der Waals surface area (Å²) in [5.41, 5.74) is 2.47. The van der Waals surface area contributed by atoms with Crippen LogP contribution in [0.4, 0.5) is 0 Å². The van der Waals surface area contributed by atoms with Crippen LogP contribution in [0.15, 0.2) is 42.5 Å². The molecule has 0 spiro atoms. The monoisotopic (exact) mass is 468 g/mol. The Morgan fingerprint density at radius 3 is 2.55 bits per heavy atom. The van der Waals surface area contributed by atoms with Gasteiger partial charge in [-0.1, -0.05) is 11.6 Å². The molecule has 33 heavy (non-hydrogen) atoms. The number of benzene rings is 2. The third-order valence-corrected chi connectivity index (χ3v) is 6.21. The van der Waals surface area contributed by atoms with Gasteiger partial charge in [0.15, 0.2) is 6.73 Å². The number of hydrogen-bond acceptors (Lipinski definition) is 5. The van der Waals surface area contributed by atoms with Gasteiger partial charge in [-0.25, -0.2) is 0 Å². The summed E-state index contributed by atoms with van der Waals surface area (Å²) in [6.45, 7) is 2.34. The fraction of sp³-hybridized carbons (Fsp3) is 0.320. The zero-order valence-electron chi connectivity index (χ0n) is 18.6. The molecule has 0 N–H and O–H groups in total. The van der Waals surface area contributed by atoms with Crippen molar-refractivity contribution in [3.05, 3.63) is 64.3 Å². The fourth-order valence-electron chi connectivity index (χ4n) is 4.14. The molecule has 1 aromatic heterocycles. The Morgan fingerprint density at radius 2 is 1.85 bits per heavy atom. The van der Waals surface area contributed by atoms with E-state index < -0.39 is 5.97 Å². The largest absolute Gasteiger partial charge is 0.497 e. The summed E-state index contributed by atoms with van der Waals surface area (Å²) in [4.78, 5) is 39.6. The quantitative estimate of drug-likeness (QED) is 0.502. The standard InChI is InChI=1S/C25H25ClN2O5/c1-16-20(14-24(30)33-15-27-12-4-3-5-23(27)29)21-13-19(32-2)10-11-22(21)28(16)25(31)17-6-8-18(26)9-7-17/h6-11,13H,3-5,12,14-15H2,1-2H3. The number of methoxy groups -OCH3 is 1. The van der Waals surface area contributed by atoms with Gasteiger partial charge in [-0.2, -0.15) is 0 Å². The van der Waals surface area contributed by atoms with Crippen LogP contribution < -0.4 is 4.74 Å². The van der Waals surface area contributed by atoms with Crippen LogP contribution in [0.2, 0.25) is 5.02 Å². The molecule has 2 aromatic carbocycles. The number of nitrogens with zero attached hydrogens (tertiary/aromatic N) is 2. The molecular weight excluding hydrogens is 444 g/mol. The van der Waals surface area contributed by atoms with E-state index in [1.54, 1.807) is 59.9 Å². The molecule has 1 amide bonds. The summed E-state index contributed by atoms with van der Waals surface area (Å²) < 4.78 is 12.4. The lowest BCUT2D eigenvalue weighted by molar-refractivity contribution is -0.153. The number of amides is 1. The number of rotatable bonds is 6. The van der Waals surface area contributed by atoms with Crippen LogP contribution in [0.5, 0.6) is 5.75 Å². The van der Waals surface area contributed by atoms with Crippen LogP contribution in [0.1, 0.15) is 40.9 Å². The van der Waals surface area contributed by atoms with Crippen molar-refractivity contribution in [1.82, 2.24) is 9.47 Å². The summed E-state index contributed by atoms with van der Waals surface area (Å²) >= 11 is 5.97. The number of halogens is 1. The molecule has 0 saturated carbocycles. The van der Waals surface area contributed by atoms with Crippen molar-refractivity contribution in [2.75, 3.05) is 20.4 Å². The highest BCUT2D eigenvalue weighted by Gasteiger charge is 2.24. The molecule has 1 saturated heterocycles. The first kappa shape index (κ1) is 22.9. The Balaban J connectivity index is 1.64. The first-order chi connectivity index (χ1) is 15.9. The molecule has 0 aliphatic carbocycles. The molecule has 0 radical (unpaired) electrons. The molecular formula is C25H25ClN2O5. The maximum absolute atomic E-state index is 13.3. The van der Waals surface area contributed by atoms with Crippen LogP contribution in [-0.2, 0) is 20.7 Å². The van der Waals surface area contributed by atoms with Gasteiger partial charge in [0.05, 0.1) is 19.0 Å². The predicted molar refractivity (Wildman–Crippen MR) is 125 cm³/mol. The summed E-state index contributed by atoms with van der Waals surface area (Å²) in [5.74, 6) is -0.0672. The van der Waals surface area contributed by atoms with Crippen molar-refractivity contribution in [2.45, 2.75) is 32.6 Å². The Morgan fingerprint density at radius 1 is 1.09 bits per heavy atom. The SMILES string of the molecule is COc1ccc2c(c1)c(CC(=O)OCN1CCCCC1=O)c(C)n2C(=O)c1ccc(Cl)cc1. The van der Waals surface area contributed by atoms with Gasteiger partial charge in [-0.15, -0.1) is 0 Å². The van der Waals surface area contributed by atoms with E-state index in [2.05, 4.69) is 0 Å². The molecule has 0 atom stereocenters. The van der Waals surface area contributed by atoms with Crippen molar-refractivity contribution in [1.29, 1.82) is 0 Å². The Bertz CT molecular complexity index is 1220. The average Bonchev–Trinajstić information content (AvgIpc) is 3.09. The first-order valence-corrected chi connectivity index (χ1v) is 11.2. The number of esters is 1. The molecule has 7 nitrogen and oxygen atoms in total. The second-order valence-electron chi connectivity index (χ2n) is 8.03. The Hall–Kier alpha value is -3.32. The van der Waals surface area contributed by atoms with Gasteiger partial charge in [0, 0.05) is 34.6 Å². The van der Waals surface area contributed by atoms with E-state index in [1.807, 2.05) is 6.07 Å². The van der Waals surface area contributed by atoms with Crippen molar-refractivity contribution in [3.8, 4) is 5.75 Å². The fourth-order valence-corrected chi connectivity index (χ4v) is 4.27. The third-order valence-electron chi connectivity index (χ3n) is 5.96. The minimum absolute atomic E-state index is 0.000121. The molecule has 1 fully saturated rings. The molecule has 0 unspecified atom stereocenters. The first-order valence-electron chi connectivity index (χ1n) is 10.8. The Kier molecular flexibility index (Phi) is 6.70. The Labute approximate surface area is 196 Å². The van der Waals surface area contributed by atoms with Gasteiger partial charge in [0.1, 0.15) is 5.75 Å². The number of ether oxygens (including phenoxy) is 2. The highest BCUT2D eigenvalue weighted by Crippen LogP contribution is 2.31. The van der Waals surface area contributed by atoms with Crippen LogP contribution in [-0.4, -0.2) is 47.6 Å². The number of carbonyl (C=O) groups excluding carboxylic acids is 3. The minimum Gasteiger partial charge on any atom is -0.497 e. The van der Waals surface area contributed by atoms with Crippen molar-refractivity contribution >= 4 is 40.3 Å². The van der Waals surface area contributed by atoms with E-state index in [1.165, 1.54) is 0 Å². The van der Waals surface area contributed by atoms with Crippen LogP contribution in [0.3, 0.4) is 0 Å². The van der Waals surface area contributed by atoms with Gasteiger partial charge >= 0.3 is 5.97 Å². The maximum Gasteiger partial charge on any atom is 0.312 e. The lowest BCUT2D eigenvalue weighted by Crippen LogP contribution is -2.37. The molecule has 1 aliphatic rings. The van der Waals surface area contributed by atoms with Gasteiger partial charge in [0.2, 0.25) is 5.91 Å². The second kappa shape index (κ2) is 9.67. The number of fused-ring (bicyclic) bond motifs is 1. The number of hydrogen-bond donors (Lipinski definition) is 0. The van der Waals surface area contributed by atoms with Crippen molar-refractivity contribution in [2.24, 2.45) is 0 Å². The van der Waals surface area contributed by atoms with Gasteiger partial charge in [0.25, 0.3) is 5.91 Å².